The van der Waals surface area contributed by atoms with E-state index in [1.54, 1.807) is 0 Å². The van der Waals surface area contributed by atoms with Gasteiger partial charge in [0.1, 0.15) is 0 Å². The van der Waals surface area contributed by atoms with E-state index < -0.39 is 0 Å². The topological polar surface area (TPSA) is 45.9 Å². The van der Waals surface area contributed by atoms with Gasteiger partial charge >= 0.3 is 0 Å². The summed E-state index contributed by atoms with van der Waals surface area (Å²) >= 11 is 0. The summed E-state index contributed by atoms with van der Waals surface area (Å²) in [6.07, 6.45) is 5.87. The normalized spacial score (nSPS) is 16.7. The second kappa shape index (κ2) is 10.8. The van der Waals surface area contributed by atoms with Crippen LogP contribution in [0.5, 0.6) is 0 Å². The molecule has 4 heterocycles. The maximum Gasteiger partial charge on any atom is 0.156 e. The minimum atomic E-state index is 0.741. The van der Waals surface area contributed by atoms with Crippen LogP contribution in [-0.2, 0) is 17.6 Å². The van der Waals surface area contributed by atoms with Gasteiger partial charge in [0.25, 0.3) is 0 Å². The Morgan fingerprint density at radius 2 is 1.53 bits per heavy atom. The summed E-state index contributed by atoms with van der Waals surface area (Å²) in [7, 11) is 0. The van der Waals surface area contributed by atoms with Gasteiger partial charge < -0.3 is 14.5 Å². The van der Waals surface area contributed by atoms with Crippen LogP contribution in [0.3, 0.4) is 0 Å². The Bertz CT molecular complexity index is 1270. The van der Waals surface area contributed by atoms with Gasteiger partial charge in [-0.2, -0.15) is 5.10 Å². The summed E-state index contributed by atoms with van der Waals surface area (Å²) in [6.45, 7) is 7.28. The van der Waals surface area contributed by atoms with E-state index in [1.165, 1.54) is 55.7 Å². The minimum Gasteiger partial charge on any atom is -0.378 e. The zero-order valence-electron chi connectivity index (χ0n) is 21.0. The summed E-state index contributed by atoms with van der Waals surface area (Å²) in [4.78, 5) is 9.79. The molecule has 2 aromatic carbocycles. The van der Waals surface area contributed by atoms with Crippen LogP contribution in [0.15, 0.2) is 66.7 Å². The molecule has 4 aromatic rings. The summed E-state index contributed by atoms with van der Waals surface area (Å²) in [5.41, 5.74) is 7.01. The van der Waals surface area contributed by atoms with E-state index in [0.717, 1.165) is 61.9 Å². The van der Waals surface area contributed by atoms with Crippen molar-refractivity contribution in [1.82, 2.24) is 19.5 Å². The Balaban J connectivity index is 1.13. The van der Waals surface area contributed by atoms with Crippen molar-refractivity contribution < 1.29 is 4.74 Å². The highest BCUT2D eigenvalue weighted by atomic mass is 16.5. The quantitative estimate of drug-likeness (QED) is 0.360. The smallest absolute Gasteiger partial charge is 0.156 e. The molecule has 6 nitrogen and oxygen atoms in total. The van der Waals surface area contributed by atoms with Gasteiger partial charge in [-0.05, 0) is 80.7 Å². The molecule has 0 atom stereocenters. The van der Waals surface area contributed by atoms with Gasteiger partial charge in [0.2, 0.25) is 0 Å². The molecule has 0 radical (unpaired) electrons. The molecule has 0 unspecified atom stereocenters. The summed E-state index contributed by atoms with van der Waals surface area (Å²) < 4.78 is 7.46. The first-order valence-electron chi connectivity index (χ1n) is 13.4. The number of aromatic nitrogens is 3. The van der Waals surface area contributed by atoms with Gasteiger partial charge in [0.15, 0.2) is 11.5 Å². The highest BCUT2D eigenvalue weighted by Gasteiger charge is 2.14. The van der Waals surface area contributed by atoms with Gasteiger partial charge in [-0.15, -0.1) is 0 Å². The summed E-state index contributed by atoms with van der Waals surface area (Å²) in [5.74, 6) is 0.856. The molecule has 2 saturated heterocycles. The van der Waals surface area contributed by atoms with E-state index in [1.807, 2.05) is 10.6 Å². The first-order valence-corrected chi connectivity index (χ1v) is 13.4. The highest BCUT2D eigenvalue weighted by molar-refractivity contribution is 5.66. The van der Waals surface area contributed by atoms with Gasteiger partial charge in [-0.25, -0.2) is 9.50 Å². The zero-order chi connectivity index (χ0) is 24.2. The number of pyridine rings is 1. The lowest BCUT2D eigenvalue weighted by Gasteiger charge is -2.28. The molecule has 6 heteroatoms. The number of hydrogen-bond acceptors (Lipinski definition) is 5. The summed E-state index contributed by atoms with van der Waals surface area (Å²) in [5, 5.41) is 4.89. The first-order chi connectivity index (χ1) is 17.8. The van der Waals surface area contributed by atoms with E-state index in [4.69, 9.17) is 14.8 Å². The third-order valence-corrected chi connectivity index (χ3v) is 7.47. The average Bonchev–Trinajstić information content (AvgIpc) is 3.60. The largest absolute Gasteiger partial charge is 0.378 e. The van der Waals surface area contributed by atoms with Crippen LogP contribution >= 0.6 is 0 Å². The Kier molecular flexibility index (Phi) is 6.96. The molecule has 0 aliphatic carbocycles. The molecular weight excluding hydrogens is 446 g/mol. The van der Waals surface area contributed by atoms with Crippen LogP contribution in [0.4, 0.5) is 5.69 Å². The van der Waals surface area contributed by atoms with Gasteiger partial charge in [-0.3, -0.25) is 0 Å². The number of likely N-dealkylation sites (tertiary alicyclic amines) is 1. The van der Waals surface area contributed by atoms with Crippen LogP contribution in [0.25, 0.3) is 16.9 Å². The average molecular weight is 482 g/mol. The van der Waals surface area contributed by atoms with Crippen molar-refractivity contribution >= 4 is 11.3 Å². The van der Waals surface area contributed by atoms with Crippen molar-refractivity contribution in [2.75, 3.05) is 50.8 Å². The Morgan fingerprint density at radius 3 is 2.31 bits per heavy atom. The predicted molar refractivity (Wildman–Crippen MR) is 145 cm³/mol. The SMILES string of the molecule is c1cc(-c2ccc(N3CCOCC3)cc2)n2nc(Cc3ccc(CCCN4CCCC4)cc3)nc2c1. The van der Waals surface area contributed by atoms with Crippen LogP contribution in [0.1, 0.15) is 36.2 Å². The molecule has 0 amide bonds. The van der Waals surface area contributed by atoms with Gasteiger partial charge in [-0.1, -0.05) is 42.5 Å². The number of hydrogen-bond donors (Lipinski definition) is 0. The third kappa shape index (κ3) is 5.30. The maximum absolute atomic E-state index is 5.48. The Hall–Kier alpha value is -3.22. The standard InChI is InChI=1S/C30H35N5O/c1-2-17-33(16-1)18-4-5-24-8-10-25(11-9-24)23-29-31-30-7-3-6-28(35(30)32-29)26-12-14-27(15-13-26)34-19-21-36-22-20-34/h3,6-15H,1-2,4-5,16-23H2. The van der Waals surface area contributed by atoms with Crippen molar-refractivity contribution in [3.63, 3.8) is 0 Å². The number of aryl methyl sites for hydroxylation is 1. The fourth-order valence-corrected chi connectivity index (χ4v) is 5.43. The molecule has 0 spiro atoms. The lowest BCUT2D eigenvalue weighted by Crippen LogP contribution is -2.36. The molecule has 6 rings (SSSR count). The monoisotopic (exact) mass is 481 g/mol. The van der Waals surface area contributed by atoms with Crippen molar-refractivity contribution in [3.8, 4) is 11.3 Å². The van der Waals surface area contributed by atoms with E-state index in [0.29, 0.717) is 0 Å². The van der Waals surface area contributed by atoms with E-state index in [9.17, 15) is 0 Å². The van der Waals surface area contributed by atoms with Crippen molar-refractivity contribution in [3.05, 3.63) is 83.7 Å². The number of ether oxygens (including phenoxy) is 1. The Labute approximate surface area is 213 Å². The van der Waals surface area contributed by atoms with E-state index in [2.05, 4.69) is 70.5 Å². The minimum absolute atomic E-state index is 0.741. The number of rotatable bonds is 8. The number of anilines is 1. The van der Waals surface area contributed by atoms with Crippen molar-refractivity contribution in [2.45, 2.75) is 32.1 Å². The second-order valence-corrected chi connectivity index (χ2v) is 10.0. The molecule has 2 aromatic heterocycles. The van der Waals surface area contributed by atoms with Crippen molar-refractivity contribution in [2.24, 2.45) is 0 Å². The maximum atomic E-state index is 5.48. The molecule has 0 N–H and O–H groups in total. The number of fused-ring (bicyclic) bond motifs is 1. The number of benzene rings is 2. The fraction of sp³-hybridized carbons (Fsp3) is 0.400. The molecule has 2 fully saturated rings. The van der Waals surface area contributed by atoms with E-state index >= 15 is 0 Å². The highest BCUT2D eigenvalue weighted by Crippen LogP contribution is 2.25. The lowest BCUT2D eigenvalue weighted by atomic mass is 10.1. The van der Waals surface area contributed by atoms with Gasteiger partial charge in [0, 0.05) is 30.8 Å². The molecule has 0 saturated carbocycles. The first kappa shape index (κ1) is 23.2. The predicted octanol–water partition coefficient (Wildman–Crippen LogP) is 4.85. The zero-order valence-corrected chi connectivity index (χ0v) is 21.0. The van der Waals surface area contributed by atoms with Crippen LogP contribution in [0, 0.1) is 0 Å². The van der Waals surface area contributed by atoms with Crippen LogP contribution < -0.4 is 4.90 Å². The number of nitrogens with zero attached hydrogens (tertiary/aromatic N) is 5. The van der Waals surface area contributed by atoms with Gasteiger partial charge in [0.05, 0.1) is 18.9 Å². The summed E-state index contributed by atoms with van der Waals surface area (Å²) in [6, 6.07) is 24.0. The third-order valence-electron chi connectivity index (χ3n) is 7.47. The lowest BCUT2D eigenvalue weighted by molar-refractivity contribution is 0.122. The molecule has 36 heavy (non-hydrogen) atoms. The molecular formula is C30H35N5O. The van der Waals surface area contributed by atoms with Crippen molar-refractivity contribution in [1.29, 1.82) is 0 Å². The van der Waals surface area contributed by atoms with E-state index in [-0.39, 0.29) is 0 Å². The Morgan fingerprint density at radius 1 is 0.778 bits per heavy atom. The fourth-order valence-electron chi connectivity index (χ4n) is 5.43. The molecule has 186 valence electrons. The molecule has 2 aliphatic rings. The molecule has 2 aliphatic heterocycles. The van der Waals surface area contributed by atoms with Crippen LogP contribution in [-0.4, -0.2) is 65.4 Å². The number of morpholine rings is 1. The van der Waals surface area contributed by atoms with Crippen LogP contribution in [0.2, 0.25) is 0 Å². The second-order valence-electron chi connectivity index (χ2n) is 10.0. The molecule has 0 bridgehead atoms.